The van der Waals surface area contributed by atoms with Crippen LogP contribution in [-0.2, 0) is 19.1 Å². The van der Waals surface area contributed by atoms with Gasteiger partial charge >= 0.3 is 12.1 Å². The second-order valence-electron chi connectivity index (χ2n) is 8.05. The molecule has 11 nitrogen and oxygen atoms in total. The molecule has 3 N–H and O–H groups in total. The summed E-state index contributed by atoms with van der Waals surface area (Å²) in [4.78, 5) is 52.7. The second kappa shape index (κ2) is 11.6. The molecular formula is C24H28N4O7. The Kier molecular flexibility index (Phi) is 8.92. The Bertz CT molecular complexity index is 1160. The molecule has 11 heteroatoms. The van der Waals surface area contributed by atoms with Crippen molar-refractivity contribution < 1.29 is 33.1 Å². The fraction of sp³-hybridized carbons (Fsp3) is 0.292. The Morgan fingerprint density at radius 2 is 1.60 bits per heavy atom. The van der Waals surface area contributed by atoms with Gasteiger partial charge in [0.25, 0.3) is 11.8 Å². The molecular weight excluding hydrogens is 456 g/mol. The quantitative estimate of drug-likeness (QED) is 0.399. The molecule has 186 valence electrons. The van der Waals surface area contributed by atoms with Crippen LogP contribution in [0.4, 0.5) is 10.5 Å². The first-order valence-electron chi connectivity index (χ1n) is 10.6. The third-order valence-electron chi connectivity index (χ3n) is 4.24. The van der Waals surface area contributed by atoms with E-state index in [1.165, 1.54) is 19.3 Å². The van der Waals surface area contributed by atoms with Crippen molar-refractivity contribution in [3.05, 3.63) is 59.8 Å². The normalized spacial score (nSPS) is 11.9. The smallest absolute Gasteiger partial charge is 0.412 e. The molecule has 0 atom stereocenters. The molecule has 3 amide bonds. The lowest BCUT2D eigenvalue weighted by atomic mass is 10.2. The Balaban J connectivity index is 2.05. The van der Waals surface area contributed by atoms with Gasteiger partial charge in [-0.25, -0.2) is 14.6 Å². The number of nitrogens with zero attached hydrogens (tertiary/aromatic N) is 1. The van der Waals surface area contributed by atoms with Gasteiger partial charge in [0.15, 0.2) is 5.69 Å². The molecule has 35 heavy (non-hydrogen) atoms. The minimum Gasteiger partial charge on any atom is -0.464 e. The predicted octanol–water partition coefficient (Wildman–Crippen LogP) is 3.52. The largest absolute Gasteiger partial charge is 0.464 e. The molecule has 0 aliphatic heterocycles. The maximum atomic E-state index is 12.6. The third kappa shape index (κ3) is 7.84. The number of oxazole rings is 1. The Hall–Kier alpha value is -4.41. The van der Waals surface area contributed by atoms with Crippen molar-refractivity contribution in [3.63, 3.8) is 0 Å². The topological polar surface area (TPSA) is 149 Å². The van der Waals surface area contributed by atoms with Crippen molar-refractivity contribution in [2.75, 3.05) is 12.4 Å². The summed E-state index contributed by atoms with van der Waals surface area (Å²) in [6, 6.07) is 6.56. The number of hydrogen-bond acceptors (Lipinski definition) is 8. The van der Waals surface area contributed by atoms with Crippen LogP contribution in [0.25, 0.3) is 11.5 Å². The number of nitrogens with one attached hydrogen (secondary N) is 3. The summed E-state index contributed by atoms with van der Waals surface area (Å²) in [6.45, 7) is 8.39. The maximum absolute atomic E-state index is 12.6. The summed E-state index contributed by atoms with van der Waals surface area (Å²) in [5, 5.41) is 7.41. The number of esters is 1. The van der Waals surface area contributed by atoms with Crippen LogP contribution in [0.3, 0.4) is 0 Å². The van der Waals surface area contributed by atoms with Crippen LogP contribution in [-0.4, -0.2) is 41.6 Å². The van der Waals surface area contributed by atoms with Crippen molar-refractivity contribution in [3.8, 4) is 11.5 Å². The third-order valence-corrected chi connectivity index (χ3v) is 4.24. The standard InChI is InChI=1S/C24H28N4O7/c1-7-16(19(29)27-17(8-2)22(31)33-6)26-20(30)18-13-34-21(28-18)14-9-11-15(12-10-14)25-23(32)35-24(3,4)5/h7-13H,1-6H3,(H,25,32)(H,26,30)(H,27,29)/b16-7-,17-8+. The number of benzene rings is 1. The zero-order chi connectivity index (χ0) is 26.2. The van der Waals surface area contributed by atoms with Gasteiger partial charge in [-0.1, -0.05) is 12.2 Å². The summed E-state index contributed by atoms with van der Waals surface area (Å²) in [5.74, 6) is -1.97. The van der Waals surface area contributed by atoms with E-state index >= 15 is 0 Å². The molecule has 1 aromatic heterocycles. The Morgan fingerprint density at radius 1 is 0.971 bits per heavy atom. The number of hydrogen-bond donors (Lipinski definition) is 3. The molecule has 0 radical (unpaired) electrons. The molecule has 2 aromatic rings. The summed E-state index contributed by atoms with van der Waals surface area (Å²) < 4.78 is 15.2. The van der Waals surface area contributed by atoms with Crippen molar-refractivity contribution in [2.45, 2.75) is 40.2 Å². The lowest BCUT2D eigenvalue weighted by molar-refractivity contribution is -0.137. The van der Waals surface area contributed by atoms with Crippen LogP contribution in [0.2, 0.25) is 0 Å². The lowest BCUT2D eigenvalue weighted by Crippen LogP contribution is -2.36. The number of anilines is 1. The molecule has 0 saturated carbocycles. The van der Waals surface area contributed by atoms with Crippen LogP contribution in [0.1, 0.15) is 45.1 Å². The highest BCUT2D eigenvalue weighted by atomic mass is 16.6. The highest BCUT2D eigenvalue weighted by Crippen LogP contribution is 2.21. The fourth-order valence-electron chi connectivity index (χ4n) is 2.62. The van der Waals surface area contributed by atoms with E-state index < -0.39 is 29.5 Å². The molecule has 0 bridgehead atoms. The number of ether oxygens (including phenoxy) is 2. The van der Waals surface area contributed by atoms with Gasteiger partial charge in [-0.2, -0.15) is 0 Å². The molecule has 0 aliphatic carbocycles. The van der Waals surface area contributed by atoms with E-state index in [2.05, 4.69) is 25.7 Å². The SMILES string of the molecule is C/C=C(\NC(=O)c1coc(-c2ccc(NC(=O)OC(C)(C)C)cc2)n1)C(=O)N/C(=C/C)C(=O)OC. The second-order valence-corrected chi connectivity index (χ2v) is 8.05. The van der Waals surface area contributed by atoms with Crippen molar-refractivity contribution >= 4 is 29.6 Å². The number of amides is 3. The number of aromatic nitrogens is 1. The lowest BCUT2D eigenvalue weighted by Gasteiger charge is -2.19. The van der Waals surface area contributed by atoms with Crippen molar-refractivity contribution in [1.29, 1.82) is 0 Å². The van der Waals surface area contributed by atoms with Crippen LogP contribution >= 0.6 is 0 Å². The first-order chi connectivity index (χ1) is 16.5. The molecule has 0 aliphatic rings. The number of carbonyl (C=O) groups is 4. The van der Waals surface area contributed by atoms with Gasteiger partial charge in [-0.3, -0.25) is 14.9 Å². The number of carbonyl (C=O) groups excluding carboxylic acids is 4. The van der Waals surface area contributed by atoms with E-state index in [0.29, 0.717) is 11.3 Å². The van der Waals surface area contributed by atoms with Crippen molar-refractivity contribution in [2.24, 2.45) is 0 Å². The average Bonchev–Trinajstić information content (AvgIpc) is 3.29. The first-order valence-corrected chi connectivity index (χ1v) is 10.6. The minimum absolute atomic E-state index is 0.0673. The molecule has 0 saturated heterocycles. The first kappa shape index (κ1) is 26.8. The molecule has 0 unspecified atom stereocenters. The van der Waals surface area contributed by atoms with Gasteiger partial charge in [0.1, 0.15) is 23.3 Å². The fourth-order valence-corrected chi connectivity index (χ4v) is 2.62. The summed E-state index contributed by atoms with van der Waals surface area (Å²) in [6.07, 6.45) is 3.30. The number of rotatable bonds is 7. The number of allylic oxidation sites excluding steroid dienone is 2. The molecule has 0 fully saturated rings. The van der Waals surface area contributed by atoms with Crippen LogP contribution in [0, 0.1) is 0 Å². The summed E-state index contributed by atoms with van der Waals surface area (Å²) in [5.41, 5.74) is 0.201. The molecule has 2 rings (SSSR count). The van der Waals surface area contributed by atoms with E-state index in [1.54, 1.807) is 58.9 Å². The van der Waals surface area contributed by atoms with E-state index in [0.717, 1.165) is 6.26 Å². The molecule has 0 spiro atoms. The minimum atomic E-state index is -0.726. The molecule has 1 heterocycles. The zero-order valence-corrected chi connectivity index (χ0v) is 20.3. The van der Waals surface area contributed by atoms with E-state index in [-0.39, 0.29) is 23.0 Å². The van der Waals surface area contributed by atoms with Gasteiger partial charge in [-0.05, 0) is 58.9 Å². The van der Waals surface area contributed by atoms with Crippen LogP contribution in [0.15, 0.2) is 58.5 Å². The van der Waals surface area contributed by atoms with Crippen LogP contribution in [0.5, 0.6) is 0 Å². The highest BCUT2D eigenvalue weighted by molar-refractivity contribution is 6.04. The summed E-state index contributed by atoms with van der Waals surface area (Å²) >= 11 is 0. The van der Waals surface area contributed by atoms with Gasteiger partial charge < -0.3 is 24.5 Å². The van der Waals surface area contributed by atoms with E-state index in [1.807, 2.05) is 0 Å². The van der Waals surface area contributed by atoms with Gasteiger partial charge in [0.05, 0.1) is 7.11 Å². The van der Waals surface area contributed by atoms with Crippen LogP contribution < -0.4 is 16.0 Å². The Labute approximate surface area is 202 Å². The predicted molar refractivity (Wildman–Crippen MR) is 127 cm³/mol. The van der Waals surface area contributed by atoms with Gasteiger partial charge in [0, 0.05) is 11.3 Å². The zero-order valence-electron chi connectivity index (χ0n) is 20.3. The van der Waals surface area contributed by atoms with Gasteiger partial charge in [-0.15, -0.1) is 0 Å². The van der Waals surface area contributed by atoms with E-state index in [9.17, 15) is 19.2 Å². The Morgan fingerprint density at radius 3 is 2.14 bits per heavy atom. The van der Waals surface area contributed by atoms with E-state index in [4.69, 9.17) is 9.15 Å². The maximum Gasteiger partial charge on any atom is 0.412 e. The summed E-state index contributed by atoms with van der Waals surface area (Å²) in [7, 11) is 1.18. The van der Waals surface area contributed by atoms with Gasteiger partial charge in [0.2, 0.25) is 5.89 Å². The average molecular weight is 485 g/mol. The monoisotopic (exact) mass is 484 g/mol. The highest BCUT2D eigenvalue weighted by Gasteiger charge is 2.20. The van der Waals surface area contributed by atoms with Crippen molar-refractivity contribution in [1.82, 2.24) is 15.6 Å². The number of methoxy groups -OCH3 is 1. The molecule has 1 aromatic carbocycles.